The highest BCUT2D eigenvalue weighted by Gasteiger charge is 2.18. The van der Waals surface area contributed by atoms with Crippen molar-refractivity contribution in [3.63, 3.8) is 0 Å². The zero-order valence-corrected chi connectivity index (χ0v) is 27.1. The molecule has 0 aliphatic carbocycles. The highest BCUT2D eigenvalue weighted by molar-refractivity contribution is 6.00. The van der Waals surface area contributed by atoms with Gasteiger partial charge in [0.1, 0.15) is 12.4 Å². The highest BCUT2D eigenvalue weighted by atomic mass is 16.6. The number of hydrogen-bond donors (Lipinski definition) is 3. The van der Waals surface area contributed by atoms with E-state index in [0.717, 1.165) is 58.9 Å². The first-order chi connectivity index (χ1) is 23.0. The summed E-state index contributed by atoms with van der Waals surface area (Å²) >= 11 is 0. The monoisotopic (exact) mass is 651 g/mol. The predicted molar refractivity (Wildman–Crippen MR) is 183 cm³/mol. The molecule has 12 nitrogen and oxygen atoms in total. The van der Waals surface area contributed by atoms with E-state index in [1.54, 1.807) is 0 Å². The summed E-state index contributed by atoms with van der Waals surface area (Å²) in [5.74, 6) is -0.122. The van der Waals surface area contributed by atoms with Crippen LogP contribution in [0.1, 0.15) is 43.6 Å². The molecule has 0 aromatic heterocycles. The minimum absolute atomic E-state index is 0.0271. The van der Waals surface area contributed by atoms with Gasteiger partial charge in [-0.3, -0.25) is 4.79 Å². The number of rotatable bonds is 26. The van der Waals surface area contributed by atoms with E-state index in [1.165, 1.54) is 0 Å². The Morgan fingerprint density at radius 2 is 1.40 bits per heavy atom. The lowest BCUT2D eigenvalue weighted by Gasteiger charge is -2.19. The molecule has 47 heavy (non-hydrogen) atoms. The molecular weight excluding hydrogens is 602 g/mol. The van der Waals surface area contributed by atoms with E-state index >= 15 is 0 Å². The van der Waals surface area contributed by atoms with Gasteiger partial charge in [-0.25, -0.2) is 0 Å². The quantitative estimate of drug-likeness (QED) is 0.0426. The molecule has 0 amide bonds. The molecule has 12 heteroatoms. The molecule has 0 heterocycles. The average molecular weight is 652 g/mol. The summed E-state index contributed by atoms with van der Waals surface area (Å²) in [4.78, 5) is 14.3. The molecular formula is C35H49N5O7. The van der Waals surface area contributed by atoms with Crippen molar-refractivity contribution in [1.29, 1.82) is 0 Å². The lowest BCUT2D eigenvalue weighted by molar-refractivity contribution is -0.137. The van der Waals surface area contributed by atoms with Crippen LogP contribution >= 0.6 is 0 Å². The number of hydrogen-bond acceptors (Lipinski definition) is 9. The molecule has 256 valence electrons. The van der Waals surface area contributed by atoms with Gasteiger partial charge in [-0.1, -0.05) is 59.7 Å². The predicted octanol–water partition coefficient (Wildman–Crippen LogP) is 5.67. The van der Waals surface area contributed by atoms with Crippen LogP contribution in [0, 0.1) is 0 Å². The SMILES string of the molecule is [N-]=[N+]=NCCOCCOCCOCCOCCOc1ccc(-c2ccc(C(CC[C@H](N)CCCN)CC(=O)O)cc2)c2ccccc12. The third kappa shape index (κ3) is 14.3. The van der Waals surface area contributed by atoms with Crippen molar-refractivity contribution in [3.8, 4) is 16.9 Å². The van der Waals surface area contributed by atoms with Gasteiger partial charge >= 0.3 is 5.97 Å². The van der Waals surface area contributed by atoms with Gasteiger partial charge in [-0.05, 0) is 71.8 Å². The van der Waals surface area contributed by atoms with Crippen LogP contribution in [0.5, 0.6) is 5.75 Å². The number of aliphatic carboxylic acids is 1. The first-order valence-corrected chi connectivity index (χ1v) is 16.3. The zero-order valence-electron chi connectivity index (χ0n) is 27.1. The Bertz CT molecular complexity index is 1370. The van der Waals surface area contributed by atoms with Crippen molar-refractivity contribution >= 4 is 16.7 Å². The second-order valence-electron chi connectivity index (χ2n) is 11.1. The van der Waals surface area contributed by atoms with Crippen molar-refractivity contribution in [2.75, 3.05) is 72.6 Å². The number of carbonyl (C=O) groups is 1. The molecule has 3 rings (SSSR count). The summed E-state index contributed by atoms with van der Waals surface area (Å²) in [6.07, 6.45) is 3.28. The molecule has 0 aliphatic rings. The Morgan fingerprint density at radius 1 is 0.787 bits per heavy atom. The smallest absolute Gasteiger partial charge is 0.303 e. The molecule has 3 aromatic carbocycles. The van der Waals surface area contributed by atoms with E-state index in [4.69, 9.17) is 40.7 Å². The van der Waals surface area contributed by atoms with Gasteiger partial charge in [0.2, 0.25) is 0 Å². The Hall–Kier alpha value is -3.74. The van der Waals surface area contributed by atoms with Crippen molar-refractivity contribution < 1.29 is 33.6 Å². The van der Waals surface area contributed by atoms with Crippen molar-refractivity contribution in [2.24, 2.45) is 16.6 Å². The van der Waals surface area contributed by atoms with Gasteiger partial charge in [0.25, 0.3) is 0 Å². The number of nitrogens with two attached hydrogens (primary N) is 2. The first kappa shape index (κ1) is 37.7. The summed E-state index contributed by atoms with van der Waals surface area (Å²) in [5, 5.41) is 15.0. The Labute approximate surface area is 276 Å². The normalized spacial score (nSPS) is 12.5. The van der Waals surface area contributed by atoms with E-state index < -0.39 is 5.97 Å². The van der Waals surface area contributed by atoms with Crippen LogP contribution in [-0.2, 0) is 23.7 Å². The second kappa shape index (κ2) is 22.7. The molecule has 1 unspecified atom stereocenters. The van der Waals surface area contributed by atoms with E-state index in [9.17, 15) is 9.90 Å². The van der Waals surface area contributed by atoms with E-state index in [-0.39, 0.29) is 18.4 Å². The number of nitrogens with zero attached hydrogens (tertiary/aromatic N) is 3. The van der Waals surface area contributed by atoms with Gasteiger partial charge in [0, 0.05) is 22.9 Å². The van der Waals surface area contributed by atoms with Crippen molar-refractivity contribution in [1.82, 2.24) is 0 Å². The average Bonchev–Trinajstić information content (AvgIpc) is 3.09. The molecule has 0 bridgehead atoms. The lowest BCUT2D eigenvalue weighted by atomic mass is 9.88. The first-order valence-electron chi connectivity index (χ1n) is 16.3. The maximum atomic E-state index is 11.6. The summed E-state index contributed by atoms with van der Waals surface area (Å²) in [5.41, 5.74) is 23.2. The standard InChI is InChI=1S/C35H49N5O7/c36-15-3-4-30(37)12-11-29(26-35(41)42)27-7-9-28(10-8-27)31-13-14-34(33-6-2-1-5-32(31)33)47-25-24-46-23-22-45-21-20-44-19-18-43-17-16-39-40-38/h1-2,5-10,13-14,29-30H,3-4,11-12,15-26,36-37H2,(H,41,42)/t29?,30-/m1/s1. The molecule has 0 radical (unpaired) electrons. The van der Waals surface area contributed by atoms with Crippen molar-refractivity contribution in [2.45, 2.75) is 44.1 Å². The van der Waals surface area contributed by atoms with Gasteiger partial charge < -0.3 is 40.3 Å². The Balaban J connectivity index is 1.44. The molecule has 3 aromatic rings. The summed E-state index contributed by atoms with van der Waals surface area (Å²) in [6.45, 7) is 4.89. The topological polar surface area (TPSA) is 184 Å². The minimum atomic E-state index is -0.809. The molecule has 2 atom stereocenters. The summed E-state index contributed by atoms with van der Waals surface area (Å²) < 4.78 is 27.9. The van der Waals surface area contributed by atoms with Crippen LogP contribution in [0.3, 0.4) is 0 Å². The minimum Gasteiger partial charge on any atom is -0.491 e. The number of fused-ring (bicyclic) bond motifs is 1. The van der Waals surface area contributed by atoms with Crippen LogP contribution in [0.4, 0.5) is 0 Å². The van der Waals surface area contributed by atoms with Crippen LogP contribution in [0.25, 0.3) is 32.3 Å². The van der Waals surface area contributed by atoms with E-state index in [1.807, 2.05) is 36.4 Å². The number of azide groups is 1. The molecule has 0 spiro atoms. The van der Waals surface area contributed by atoms with Gasteiger partial charge in [-0.2, -0.15) is 0 Å². The second-order valence-corrected chi connectivity index (χ2v) is 11.1. The van der Waals surface area contributed by atoms with E-state index in [2.05, 4.69) is 34.3 Å². The van der Waals surface area contributed by atoms with E-state index in [0.29, 0.717) is 72.6 Å². The third-order valence-electron chi connectivity index (χ3n) is 7.66. The number of ether oxygens (including phenoxy) is 5. The zero-order chi connectivity index (χ0) is 33.5. The Morgan fingerprint density at radius 3 is 2.02 bits per heavy atom. The van der Waals surface area contributed by atoms with Crippen molar-refractivity contribution in [3.05, 3.63) is 76.7 Å². The fourth-order valence-corrected chi connectivity index (χ4v) is 5.24. The number of carboxylic acids is 1. The van der Waals surface area contributed by atoms with Gasteiger partial charge in [0.15, 0.2) is 0 Å². The maximum absolute atomic E-state index is 11.6. The molecule has 5 N–H and O–H groups in total. The summed E-state index contributed by atoms with van der Waals surface area (Å²) in [6, 6.07) is 20.4. The Kier molecular flexibility index (Phi) is 18.2. The van der Waals surface area contributed by atoms with Crippen LogP contribution < -0.4 is 16.2 Å². The van der Waals surface area contributed by atoms with Crippen LogP contribution in [0.2, 0.25) is 0 Å². The fraction of sp³-hybridized carbons (Fsp3) is 0.514. The van der Waals surface area contributed by atoms with Gasteiger partial charge in [0.05, 0.1) is 59.3 Å². The van der Waals surface area contributed by atoms with Gasteiger partial charge in [-0.15, -0.1) is 0 Å². The number of benzene rings is 3. The highest BCUT2D eigenvalue weighted by Crippen LogP contribution is 2.36. The molecule has 0 aliphatic heterocycles. The largest absolute Gasteiger partial charge is 0.491 e. The number of carboxylic acid groups (broad SMARTS) is 1. The maximum Gasteiger partial charge on any atom is 0.303 e. The fourth-order valence-electron chi connectivity index (χ4n) is 5.24. The molecule has 0 fully saturated rings. The summed E-state index contributed by atoms with van der Waals surface area (Å²) in [7, 11) is 0. The molecule has 0 saturated heterocycles. The van der Waals surface area contributed by atoms with Crippen LogP contribution in [-0.4, -0.2) is 89.7 Å². The van der Waals surface area contributed by atoms with Crippen LogP contribution in [0.15, 0.2) is 65.8 Å². The third-order valence-corrected chi connectivity index (χ3v) is 7.66. The molecule has 0 saturated carbocycles. The lowest BCUT2D eigenvalue weighted by Crippen LogP contribution is -2.22.